The summed E-state index contributed by atoms with van der Waals surface area (Å²) in [6, 6.07) is 10.7. The van der Waals surface area contributed by atoms with Crippen molar-refractivity contribution in [2.24, 2.45) is 9.98 Å². The van der Waals surface area contributed by atoms with Crippen molar-refractivity contribution in [3.63, 3.8) is 0 Å². The number of fused-ring (bicyclic) bond motifs is 1. The quantitative estimate of drug-likeness (QED) is 0.819. The molecule has 0 amide bonds. The fourth-order valence-electron chi connectivity index (χ4n) is 3.09. The van der Waals surface area contributed by atoms with E-state index in [1.807, 2.05) is 13.1 Å². The highest BCUT2D eigenvalue weighted by molar-refractivity contribution is 5.64. The topological polar surface area (TPSA) is 56.1 Å². The van der Waals surface area contributed by atoms with E-state index in [1.165, 1.54) is 5.69 Å². The van der Waals surface area contributed by atoms with E-state index >= 15 is 0 Å². The fraction of sp³-hybridized carbons (Fsp3) is 0.450. The SMILES string of the molecule is CCN(CCN(C)C)c1ccc(-c2cc3c(c(NC)n2)=NCCN=3)cc1. The lowest BCUT2D eigenvalue weighted by Crippen LogP contribution is -2.33. The van der Waals surface area contributed by atoms with E-state index in [9.17, 15) is 0 Å². The average molecular weight is 352 g/mol. The van der Waals surface area contributed by atoms with Crippen molar-refractivity contribution in [1.82, 2.24) is 9.88 Å². The number of likely N-dealkylation sites (N-methyl/N-ethyl adjacent to an activating group) is 2. The molecule has 0 aliphatic carbocycles. The standard InChI is InChI=1S/C20H28N6/c1-5-26(13-12-25(3)4)16-8-6-15(7-9-16)17-14-18-19(20(21-2)24-17)23-11-10-22-18/h6-9,14H,5,10-13H2,1-4H3,(H,21,24). The number of hydrogen-bond donors (Lipinski definition) is 1. The molecule has 1 N–H and O–H groups in total. The van der Waals surface area contributed by atoms with Crippen LogP contribution in [0, 0.1) is 0 Å². The van der Waals surface area contributed by atoms with Gasteiger partial charge in [0.1, 0.15) is 5.36 Å². The number of rotatable bonds is 7. The van der Waals surface area contributed by atoms with Crippen molar-refractivity contribution in [1.29, 1.82) is 0 Å². The number of anilines is 2. The zero-order chi connectivity index (χ0) is 18.5. The average Bonchev–Trinajstić information content (AvgIpc) is 2.68. The zero-order valence-corrected chi connectivity index (χ0v) is 16.2. The Labute approximate surface area is 155 Å². The lowest BCUT2D eigenvalue weighted by Gasteiger charge is -2.25. The number of aromatic nitrogens is 1. The maximum absolute atomic E-state index is 4.74. The monoisotopic (exact) mass is 352 g/mol. The van der Waals surface area contributed by atoms with E-state index in [2.05, 4.69) is 70.4 Å². The minimum Gasteiger partial charge on any atom is -0.371 e. The van der Waals surface area contributed by atoms with Crippen LogP contribution < -0.4 is 20.9 Å². The molecule has 6 heteroatoms. The van der Waals surface area contributed by atoms with Crippen LogP contribution in [0.5, 0.6) is 0 Å². The zero-order valence-electron chi connectivity index (χ0n) is 16.2. The van der Waals surface area contributed by atoms with Crippen LogP contribution in [0.25, 0.3) is 11.3 Å². The summed E-state index contributed by atoms with van der Waals surface area (Å²) >= 11 is 0. The molecule has 138 valence electrons. The van der Waals surface area contributed by atoms with Gasteiger partial charge in [-0.2, -0.15) is 0 Å². The first kappa shape index (κ1) is 18.3. The summed E-state index contributed by atoms with van der Waals surface area (Å²) in [7, 11) is 6.09. The number of benzene rings is 1. The molecule has 0 unspecified atom stereocenters. The highest BCUT2D eigenvalue weighted by Gasteiger charge is 2.10. The van der Waals surface area contributed by atoms with Crippen LogP contribution in [0.15, 0.2) is 40.3 Å². The van der Waals surface area contributed by atoms with Crippen molar-refractivity contribution in [2.75, 3.05) is 64.1 Å². The predicted octanol–water partition coefficient (Wildman–Crippen LogP) is 1.43. The first-order chi connectivity index (χ1) is 12.6. The van der Waals surface area contributed by atoms with Gasteiger partial charge in [-0.05, 0) is 39.2 Å². The molecule has 2 heterocycles. The molecule has 0 bridgehead atoms. The number of nitrogens with zero attached hydrogens (tertiary/aromatic N) is 5. The van der Waals surface area contributed by atoms with Crippen LogP contribution >= 0.6 is 0 Å². The summed E-state index contributed by atoms with van der Waals surface area (Å²) in [5.41, 5.74) is 3.26. The largest absolute Gasteiger partial charge is 0.371 e. The molecule has 0 spiro atoms. The summed E-state index contributed by atoms with van der Waals surface area (Å²) in [6.45, 7) is 6.73. The molecule has 0 radical (unpaired) electrons. The third-order valence-corrected chi connectivity index (χ3v) is 4.59. The minimum absolute atomic E-state index is 0.733. The molecule has 3 rings (SSSR count). The summed E-state index contributed by atoms with van der Waals surface area (Å²) in [5.74, 6) is 0.797. The van der Waals surface area contributed by atoms with Gasteiger partial charge in [-0.15, -0.1) is 0 Å². The van der Waals surface area contributed by atoms with E-state index in [4.69, 9.17) is 4.98 Å². The number of pyridine rings is 1. The Morgan fingerprint density at radius 1 is 1.04 bits per heavy atom. The van der Waals surface area contributed by atoms with E-state index < -0.39 is 0 Å². The molecule has 6 nitrogen and oxygen atoms in total. The summed E-state index contributed by atoms with van der Waals surface area (Å²) < 4.78 is 0. The van der Waals surface area contributed by atoms with Crippen LogP contribution in [0.1, 0.15) is 6.92 Å². The highest BCUT2D eigenvalue weighted by atomic mass is 15.2. The maximum Gasteiger partial charge on any atom is 0.154 e. The van der Waals surface area contributed by atoms with E-state index in [-0.39, 0.29) is 0 Å². The molecule has 2 aromatic rings. The summed E-state index contributed by atoms with van der Waals surface area (Å²) in [4.78, 5) is 18.5. The Bertz CT molecular complexity index is 857. The van der Waals surface area contributed by atoms with Crippen LogP contribution in [0.4, 0.5) is 11.5 Å². The second kappa shape index (κ2) is 8.27. The third-order valence-electron chi connectivity index (χ3n) is 4.59. The van der Waals surface area contributed by atoms with Crippen molar-refractivity contribution in [2.45, 2.75) is 6.92 Å². The Kier molecular flexibility index (Phi) is 5.83. The Hall–Kier alpha value is -2.47. The fourth-order valence-corrected chi connectivity index (χ4v) is 3.09. The van der Waals surface area contributed by atoms with Gasteiger partial charge in [0.05, 0.1) is 24.1 Å². The number of hydrogen-bond acceptors (Lipinski definition) is 6. The third kappa shape index (κ3) is 4.02. The minimum atomic E-state index is 0.733. The molecule has 1 aliphatic heterocycles. The first-order valence-corrected chi connectivity index (χ1v) is 9.20. The van der Waals surface area contributed by atoms with Crippen LogP contribution in [-0.4, -0.2) is 63.8 Å². The normalized spacial score (nSPS) is 13.0. The smallest absolute Gasteiger partial charge is 0.154 e. The molecular formula is C20H28N6. The predicted molar refractivity (Wildman–Crippen MR) is 108 cm³/mol. The lowest BCUT2D eigenvalue weighted by atomic mass is 10.1. The van der Waals surface area contributed by atoms with E-state index in [0.29, 0.717) is 0 Å². The first-order valence-electron chi connectivity index (χ1n) is 9.20. The van der Waals surface area contributed by atoms with Gasteiger partial charge in [0.25, 0.3) is 0 Å². The van der Waals surface area contributed by atoms with Gasteiger partial charge in [-0.25, -0.2) is 4.98 Å². The second-order valence-electron chi connectivity index (χ2n) is 6.67. The van der Waals surface area contributed by atoms with Gasteiger partial charge >= 0.3 is 0 Å². The molecular weight excluding hydrogens is 324 g/mol. The van der Waals surface area contributed by atoms with Crippen LogP contribution in [0.3, 0.4) is 0 Å². The van der Waals surface area contributed by atoms with Crippen LogP contribution in [0.2, 0.25) is 0 Å². The van der Waals surface area contributed by atoms with Crippen molar-refractivity contribution < 1.29 is 0 Å². The lowest BCUT2D eigenvalue weighted by molar-refractivity contribution is 0.414. The Morgan fingerprint density at radius 2 is 1.77 bits per heavy atom. The van der Waals surface area contributed by atoms with Gasteiger partial charge in [0.2, 0.25) is 0 Å². The highest BCUT2D eigenvalue weighted by Crippen LogP contribution is 2.21. The molecule has 0 saturated carbocycles. The molecule has 1 aromatic carbocycles. The number of nitrogens with one attached hydrogen (secondary N) is 1. The second-order valence-corrected chi connectivity index (χ2v) is 6.67. The molecule has 0 fully saturated rings. The maximum atomic E-state index is 4.74. The van der Waals surface area contributed by atoms with Crippen molar-refractivity contribution in [3.8, 4) is 11.3 Å². The molecule has 26 heavy (non-hydrogen) atoms. The molecule has 0 atom stereocenters. The van der Waals surface area contributed by atoms with Gasteiger partial charge in [0.15, 0.2) is 5.82 Å². The molecule has 0 saturated heterocycles. The summed E-state index contributed by atoms with van der Waals surface area (Å²) in [6.07, 6.45) is 0. The van der Waals surface area contributed by atoms with Gasteiger partial charge < -0.3 is 15.1 Å². The molecule has 1 aromatic heterocycles. The van der Waals surface area contributed by atoms with Crippen LogP contribution in [-0.2, 0) is 0 Å². The van der Waals surface area contributed by atoms with Crippen molar-refractivity contribution >= 4 is 11.5 Å². The van der Waals surface area contributed by atoms with E-state index in [1.54, 1.807) is 0 Å². The Balaban J connectivity index is 1.89. The van der Waals surface area contributed by atoms with Gasteiger partial charge in [-0.3, -0.25) is 9.98 Å². The van der Waals surface area contributed by atoms with E-state index in [0.717, 1.165) is 60.5 Å². The molecule has 1 aliphatic rings. The summed E-state index contributed by atoms with van der Waals surface area (Å²) in [5, 5.41) is 4.96. The van der Waals surface area contributed by atoms with Gasteiger partial charge in [0, 0.05) is 37.9 Å². The Morgan fingerprint density at radius 3 is 2.42 bits per heavy atom. The van der Waals surface area contributed by atoms with Crippen molar-refractivity contribution in [3.05, 3.63) is 41.0 Å². The van der Waals surface area contributed by atoms with Gasteiger partial charge in [-0.1, -0.05) is 12.1 Å².